The van der Waals surface area contributed by atoms with Gasteiger partial charge < -0.3 is 15.8 Å². The molecule has 9 nitrogen and oxygen atoms in total. The van der Waals surface area contributed by atoms with E-state index in [0.717, 1.165) is 36.2 Å². The summed E-state index contributed by atoms with van der Waals surface area (Å²) in [4.78, 5) is 25.8. The number of halogens is 1. The van der Waals surface area contributed by atoms with Crippen LogP contribution in [0, 0.1) is 5.82 Å². The maximum atomic E-state index is 15.2. The molecule has 0 spiro atoms. The molecular formula is C30H26FN7O2. The molecule has 4 aromatic heterocycles. The summed E-state index contributed by atoms with van der Waals surface area (Å²) >= 11 is 0. The second-order valence-corrected chi connectivity index (χ2v) is 10.2. The zero-order valence-electron chi connectivity index (χ0n) is 21.7. The Balaban J connectivity index is 1.40. The molecule has 0 saturated heterocycles. The number of anilines is 1. The second-order valence-electron chi connectivity index (χ2n) is 10.2. The summed E-state index contributed by atoms with van der Waals surface area (Å²) in [6.07, 6.45) is 7.41. The van der Waals surface area contributed by atoms with Crippen molar-refractivity contribution in [3.8, 4) is 28.2 Å². The van der Waals surface area contributed by atoms with Gasteiger partial charge >= 0.3 is 0 Å². The van der Waals surface area contributed by atoms with Crippen LogP contribution in [-0.2, 0) is 13.2 Å². The van der Waals surface area contributed by atoms with Gasteiger partial charge in [0.1, 0.15) is 11.5 Å². The van der Waals surface area contributed by atoms with Crippen LogP contribution < -0.4 is 11.3 Å². The maximum absolute atomic E-state index is 15.2. The number of benzene rings is 2. The number of aromatic amines is 1. The number of H-pyrrole nitrogens is 1. The van der Waals surface area contributed by atoms with Crippen molar-refractivity contribution in [2.75, 3.05) is 5.73 Å². The summed E-state index contributed by atoms with van der Waals surface area (Å²) in [6.45, 7) is 2.37. The molecule has 40 heavy (non-hydrogen) atoms. The van der Waals surface area contributed by atoms with Crippen molar-refractivity contribution in [2.24, 2.45) is 0 Å². The smallest absolute Gasteiger partial charge is 0.265 e. The van der Waals surface area contributed by atoms with Crippen LogP contribution in [0.1, 0.15) is 36.8 Å². The number of nitrogens with zero attached hydrogens (tertiary/aromatic N) is 5. The fraction of sp³-hybridized carbons (Fsp3) is 0.200. The van der Waals surface area contributed by atoms with Crippen LogP contribution in [-0.4, -0.2) is 34.4 Å². The van der Waals surface area contributed by atoms with E-state index in [4.69, 9.17) is 5.73 Å². The fourth-order valence-corrected chi connectivity index (χ4v) is 5.44. The topological polar surface area (TPSA) is 128 Å². The van der Waals surface area contributed by atoms with E-state index in [1.165, 1.54) is 10.6 Å². The first-order chi connectivity index (χ1) is 19.4. The molecule has 1 aliphatic carbocycles. The highest BCUT2D eigenvalue weighted by atomic mass is 19.1. The van der Waals surface area contributed by atoms with Gasteiger partial charge in [0.05, 0.1) is 35.3 Å². The van der Waals surface area contributed by atoms with E-state index in [2.05, 4.69) is 20.1 Å². The van der Waals surface area contributed by atoms with Gasteiger partial charge in [-0.05, 0) is 60.9 Å². The number of nitrogens with two attached hydrogens (primary N) is 1. The van der Waals surface area contributed by atoms with Crippen LogP contribution in [0.4, 0.5) is 10.3 Å². The molecule has 10 heteroatoms. The van der Waals surface area contributed by atoms with Crippen molar-refractivity contribution >= 4 is 27.8 Å². The third-order valence-corrected chi connectivity index (χ3v) is 7.62. The summed E-state index contributed by atoms with van der Waals surface area (Å²) in [5, 5.41) is 16.2. The quantitative estimate of drug-likeness (QED) is 0.278. The molecule has 4 N–H and O–H groups in total. The Morgan fingerprint density at radius 1 is 1.18 bits per heavy atom. The Kier molecular flexibility index (Phi) is 5.53. The van der Waals surface area contributed by atoms with Gasteiger partial charge in [-0.15, -0.1) is 0 Å². The molecule has 0 aliphatic heterocycles. The van der Waals surface area contributed by atoms with Crippen LogP contribution in [0.2, 0.25) is 0 Å². The number of nitrogens with one attached hydrogen (secondary N) is 1. The van der Waals surface area contributed by atoms with Crippen LogP contribution in [0.3, 0.4) is 0 Å². The highest BCUT2D eigenvalue weighted by Gasteiger charge is 2.25. The number of fused-ring (bicyclic) bond motifs is 2. The predicted octanol–water partition coefficient (Wildman–Crippen LogP) is 4.90. The number of aryl methyl sites for hydroxylation is 1. The molecule has 0 atom stereocenters. The molecule has 1 aliphatic rings. The molecule has 1 fully saturated rings. The standard InChI is InChI=1S/C30H26FN7O2/c1-2-37-14-19(13-33-37)24-12-21-27(35-30(32)36-28(21)34-24)20-4-3-5-25(22(20)15-39)38-9-8-17-10-18(16-6-7-16)11-23(31)26(17)29(38)40/h3-5,8-14,16,39H,2,6-7,15H2,1H3,(H3,32,34,35,36). The van der Waals surface area contributed by atoms with Crippen molar-refractivity contribution in [3.05, 3.63) is 88.4 Å². The zero-order chi connectivity index (χ0) is 27.5. The summed E-state index contributed by atoms with van der Waals surface area (Å²) in [6, 6.07) is 12.4. The van der Waals surface area contributed by atoms with E-state index in [0.29, 0.717) is 44.8 Å². The van der Waals surface area contributed by atoms with Gasteiger partial charge in [-0.1, -0.05) is 18.2 Å². The summed E-state index contributed by atoms with van der Waals surface area (Å²) in [5.74, 6) is -0.101. The summed E-state index contributed by atoms with van der Waals surface area (Å²) in [5.41, 5.74) is 10.7. The molecule has 6 aromatic rings. The largest absolute Gasteiger partial charge is 0.392 e. The SMILES string of the molecule is CCn1cc(-c2cc3c(-c4cccc(-n5ccc6cc(C7CC7)cc(F)c6c5=O)c4CO)nc(N)nc3[nH]2)cn1. The van der Waals surface area contributed by atoms with E-state index in [1.807, 2.05) is 36.0 Å². The van der Waals surface area contributed by atoms with Gasteiger partial charge in [0.2, 0.25) is 5.95 Å². The van der Waals surface area contributed by atoms with E-state index < -0.39 is 11.4 Å². The maximum Gasteiger partial charge on any atom is 0.265 e. The second kappa shape index (κ2) is 9.13. The average Bonchev–Trinajstić information content (AvgIpc) is 3.54. The lowest BCUT2D eigenvalue weighted by Crippen LogP contribution is -2.20. The predicted molar refractivity (Wildman–Crippen MR) is 152 cm³/mol. The van der Waals surface area contributed by atoms with E-state index in [-0.39, 0.29) is 17.9 Å². The summed E-state index contributed by atoms with van der Waals surface area (Å²) < 4.78 is 18.4. The number of hydrogen-bond donors (Lipinski definition) is 3. The molecule has 0 radical (unpaired) electrons. The number of aliphatic hydroxyl groups is 1. The van der Waals surface area contributed by atoms with Gasteiger partial charge in [0.25, 0.3) is 5.56 Å². The Labute approximate surface area is 227 Å². The molecule has 1 saturated carbocycles. The van der Waals surface area contributed by atoms with Crippen LogP contribution in [0.5, 0.6) is 0 Å². The first-order valence-corrected chi connectivity index (χ1v) is 13.2. The first-order valence-electron chi connectivity index (χ1n) is 13.2. The Bertz CT molecular complexity index is 2000. The normalized spacial score (nSPS) is 13.5. The number of aromatic nitrogens is 6. The minimum atomic E-state index is -0.531. The number of aliphatic hydroxyl groups excluding tert-OH is 1. The number of rotatable bonds is 6. The Hall–Kier alpha value is -4.83. The molecule has 0 unspecified atom stereocenters. The van der Waals surface area contributed by atoms with E-state index in [1.54, 1.807) is 30.6 Å². The molecular weight excluding hydrogens is 509 g/mol. The lowest BCUT2D eigenvalue weighted by atomic mass is 10.00. The van der Waals surface area contributed by atoms with Crippen molar-refractivity contribution in [2.45, 2.75) is 38.8 Å². The summed E-state index contributed by atoms with van der Waals surface area (Å²) in [7, 11) is 0. The van der Waals surface area contributed by atoms with Crippen LogP contribution in [0.25, 0.3) is 50.0 Å². The molecule has 2 aromatic carbocycles. The van der Waals surface area contributed by atoms with Gasteiger partial charge in [-0.25, -0.2) is 9.37 Å². The molecule has 4 heterocycles. The Morgan fingerprint density at radius 2 is 2.02 bits per heavy atom. The Morgan fingerprint density at radius 3 is 2.77 bits per heavy atom. The van der Waals surface area contributed by atoms with Crippen molar-refractivity contribution in [1.82, 2.24) is 29.3 Å². The monoisotopic (exact) mass is 535 g/mol. The number of pyridine rings is 1. The zero-order valence-corrected chi connectivity index (χ0v) is 21.7. The molecule has 0 bridgehead atoms. The van der Waals surface area contributed by atoms with Gasteiger partial charge in [0.15, 0.2) is 0 Å². The third kappa shape index (κ3) is 3.87. The third-order valence-electron chi connectivity index (χ3n) is 7.62. The minimum Gasteiger partial charge on any atom is -0.392 e. The van der Waals surface area contributed by atoms with Crippen LogP contribution >= 0.6 is 0 Å². The highest BCUT2D eigenvalue weighted by molar-refractivity contribution is 5.96. The van der Waals surface area contributed by atoms with Crippen molar-refractivity contribution in [1.29, 1.82) is 0 Å². The van der Waals surface area contributed by atoms with Crippen molar-refractivity contribution in [3.63, 3.8) is 0 Å². The fourth-order valence-electron chi connectivity index (χ4n) is 5.44. The first kappa shape index (κ1) is 24.2. The van der Waals surface area contributed by atoms with Gasteiger partial charge in [-0.3, -0.25) is 14.0 Å². The average molecular weight is 536 g/mol. The molecule has 200 valence electrons. The molecule has 0 amide bonds. The lowest BCUT2D eigenvalue weighted by molar-refractivity contribution is 0.282. The lowest BCUT2D eigenvalue weighted by Gasteiger charge is -2.16. The molecule has 7 rings (SSSR count). The van der Waals surface area contributed by atoms with Crippen molar-refractivity contribution < 1.29 is 9.50 Å². The van der Waals surface area contributed by atoms with Crippen LogP contribution in [0.15, 0.2) is 65.8 Å². The number of hydrogen-bond acceptors (Lipinski definition) is 6. The van der Waals surface area contributed by atoms with E-state index >= 15 is 4.39 Å². The number of nitrogen functional groups attached to an aromatic ring is 1. The van der Waals surface area contributed by atoms with E-state index in [9.17, 15) is 9.90 Å². The minimum absolute atomic E-state index is 0.0257. The van der Waals surface area contributed by atoms with Gasteiger partial charge in [-0.2, -0.15) is 10.1 Å². The highest BCUT2D eigenvalue weighted by Crippen LogP contribution is 2.41. The van der Waals surface area contributed by atoms with Gasteiger partial charge in [0, 0.05) is 41.0 Å².